The molecule has 0 unspecified atom stereocenters. The van der Waals surface area contributed by atoms with Crippen molar-refractivity contribution in [3.05, 3.63) is 23.3 Å². The van der Waals surface area contributed by atoms with E-state index in [1.807, 2.05) is 0 Å². The SMILES string of the molecule is Cc1ccc(N)c(C(=O)O)c1N. The Morgan fingerprint density at radius 1 is 1.42 bits per heavy atom. The minimum absolute atomic E-state index is 0.00463. The molecule has 5 N–H and O–H groups in total. The largest absolute Gasteiger partial charge is 0.478 e. The molecule has 0 aromatic heterocycles. The highest BCUT2D eigenvalue weighted by Gasteiger charge is 2.12. The van der Waals surface area contributed by atoms with Crippen LogP contribution in [0.4, 0.5) is 11.4 Å². The molecule has 0 spiro atoms. The number of nitrogen functional groups attached to an aromatic ring is 2. The minimum atomic E-state index is -1.09. The van der Waals surface area contributed by atoms with Crippen molar-refractivity contribution in [1.82, 2.24) is 0 Å². The Morgan fingerprint density at radius 3 is 2.42 bits per heavy atom. The molecule has 0 saturated carbocycles. The van der Waals surface area contributed by atoms with Crippen molar-refractivity contribution in [3.63, 3.8) is 0 Å². The van der Waals surface area contributed by atoms with Gasteiger partial charge in [-0.3, -0.25) is 0 Å². The first-order valence-corrected chi connectivity index (χ1v) is 3.42. The summed E-state index contributed by atoms with van der Waals surface area (Å²) >= 11 is 0. The molecule has 0 aliphatic rings. The zero-order valence-electron chi connectivity index (χ0n) is 6.66. The third-order valence-electron chi connectivity index (χ3n) is 1.71. The van der Waals surface area contributed by atoms with Gasteiger partial charge in [0.15, 0.2) is 0 Å². The van der Waals surface area contributed by atoms with Crippen molar-refractivity contribution in [2.24, 2.45) is 0 Å². The van der Waals surface area contributed by atoms with Gasteiger partial charge in [-0.15, -0.1) is 0 Å². The van der Waals surface area contributed by atoms with E-state index in [0.29, 0.717) is 0 Å². The van der Waals surface area contributed by atoms with Crippen LogP contribution in [0.3, 0.4) is 0 Å². The highest BCUT2D eigenvalue weighted by Crippen LogP contribution is 2.22. The van der Waals surface area contributed by atoms with E-state index >= 15 is 0 Å². The fraction of sp³-hybridized carbons (Fsp3) is 0.125. The lowest BCUT2D eigenvalue weighted by Gasteiger charge is -2.06. The smallest absolute Gasteiger partial charge is 0.339 e. The van der Waals surface area contributed by atoms with Crippen molar-refractivity contribution in [2.45, 2.75) is 6.92 Å². The van der Waals surface area contributed by atoms with Gasteiger partial charge in [0.1, 0.15) is 5.56 Å². The van der Waals surface area contributed by atoms with E-state index in [1.54, 1.807) is 13.0 Å². The number of anilines is 2. The molecule has 0 saturated heterocycles. The van der Waals surface area contributed by atoms with E-state index in [-0.39, 0.29) is 16.9 Å². The van der Waals surface area contributed by atoms with Crippen molar-refractivity contribution < 1.29 is 9.90 Å². The summed E-state index contributed by atoms with van der Waals surface area (Å²) in [5.74, 6) is -1.09. The maximum absolute atomic E-state index is 10.6. The molecule has 4 nitrogen and oxygen atoms in total. The summed E-state index contributed by atoms with van der Waals surface area (Å²) in [5, 5.41) is 8.71. The Kier molecular flexibility index (Phi) is 1.91. The van der Waals surface area contributed by atoms with E-state index in [9.17, 15) is 4.79 Å². The first-order chi connectivity index (χ1) is 5.54. The van der Waals surface area contributed by atoms with Crippen LogP contribution in [0, 0.1) is 6.92 Å². The fourth-order valence-corrected chi connectivity index (χ4v) is 0.979. The molecule has 0 aliphatic carbocycles. The van der Waals surface area contributed by atoms with E-state index in [2.05, 4.69) is 0 Å². The van der Waals surface area contributed by atoms with Gasteiger partial charge in [0.05, 0.1) is 5.69 Å². The van der Waals surface area contributed by atoms with Crippen LogP contribution >= 0.6 is 0 Å². The van der Waals surface area contributed by atoms with Crippen LogP contribution in [0.1, 0.15) is 15.9 Å². The average molecular weight is 166 g/mol. The van der Waals surface area contributed by atoms with Gasteiger partial charge in [-0.1, -0.05) is 6.07 Å². The molecule has 1 aromatic carbocycles. The van der Waals surface area contributed by atoms with Crippen LogP contribution in [0.25, 0.3) is 0 Å². The Morgan fingerprint density at radius 2 is 2.00 bits per heavy atom. The van der Waals surface area contributed by atoms with Gasteiger partial charge in [0.25, 0.3) is 0 Å². The topological polar surface area (TPSA) is 89.3 Å². The molecule has 64 valence electrons. The quantitative estimate of drug-likeness (QED) is 0.540. The molecule has 0 fully saturated rings. The van der Waals surface area contributed by atoms with Crippen LogP contribution in [0.15, 0.2) is 12.1 Å². The number of carbonyl (C=O) groups is 1. The highest BCUT2D eigenvalue weighted by atomic mass is 16.4. The van der Waals surface area contributed by atoms with Gasteiger partial charge in [0.2, 0.25) is 0 Å². The average Bonchev–Trinajstić information content (AvgIpc) is 1.97. The molecule has 0 radical (unpaired) electrons. The zero-order chi connectivity index (χ0) is 9.30. The molecule has 12 heavy (non-hydrogen) atoms. The fourth-order valence-electron chi connectivity index (χ4n) is 0.979. The molecule has 0 atom stereocenters. The first kappa shape index (κ1) is 8.39. The van der Waals surface area contributed by atoms with E-state index in [1.165, 1.54) is 6.07 Å². The standard InChI is InChI=1S/C8H10N2O2/c1-4-2-3-5(9)6(7(4)10)8(11)12/h2-3H,9-10H2,1H3,(H,11,12). The number of hydrogen-bond acceptors (Lipinski definition) is 3. The van der Waals surface area contributed by atoms with E-state index in [0.717, 1.165) is 5.56 Å². The Bertz CT molecular complexity index is 334. The summed E-state index contributed by atoms with van der Waals surface area (Å²) in [6.07, 6.45) is 0. The molecule has 1 aromatic rings. The second kappa shape index (κ2) is 2.73. The molecule has 0 heterocycles. The van der Waals surface area contributed by atoms with Crippen LogP contribution < -0.4 is 11.5 Å². The number of aromatic carboxylic acids is 1. The van der Waals surface area contributed by atoms with Crippen LogP contribution in [-0.2, 0) is 0 Å². The van der Waals surface area contributed by atoms with Gasteiger partial charge in [-0.25, -0.2) is 4.79 Å². The zero-order valence-corrected chi connectivity index (χ0v) is 6.66. The van der Waals surface area contributed by atoms with Gasteiger partial charge in [-0.2, -0.15) is 0 Å². The Hall–Kier alpha value is -1.71. The van der Waals surface area contributed by atoms with Gasteiger partial charge in [0, 0.05) is 5.69 Å². The second-order valence-corrected chi connectivity index (χ2v) is 2.57. The molecule has 1 rings (SSSR count). The number of carboxylic acids is 1. The molecular weight excluding hydrogens is 156 g/mol. The van der Waals surface area contributed by atoms with Gasteiger partial charge >= 0.3 is 5.97 Å². The third kappa shape index (κ3) is 1.18. The van der Waals surface area contributed by atoms with E-state index in [4.69, 9.17) is 16.6 Å². The number of hydrogen-bond donors (Lipinski definition) is 3. The Balaban J connectivity index is 3.43. The van der Waals surface area contributed by atoms with Crippen LogP contribution in [-0.4, -0.2) is 11.1 Å². The monoisotopic (exact) mass is 166 g/mol. The van der Waals surface area contributed by atoms with Crippen LogP contribution in [0.5, 0.6) is 0 Å². The van der Waals surface area contributed by atoms with E-state index < -0.39 is 5.97 Å². The number of benzene rings is 1. The maximum atomic E-state index is 10.6. The summed E-state index contributed by atoms with van der Waals surface area (Å²) in [5.41, 5.74) is 12.1. The predicted molar refractivity (Wildman–Crippen MR) is 47.0 cm³/mol. The van der Waals surface area contributed by atoms with Gasteiger partial charge < -0.3 is 16.6 Å². The summed E-state index contributed by atoms with van der Waals surface area (Å²) in [4.78, 5) is 10.6. The highest BCUT2D eigenvalue weighted by molar-refractivity contribution is 6.00. The van der Waals surface area contributed by atoms with Gasteiger partial charge in [-0.05, 0) is 18.6 Å². The normalized spacial score (nSPS) is 9.75. The van der Waals surface area contributed by atoms with Crippen molar-refractivity contribution >= 4 is 17.3 Å². The predicted octanol–water partition coefficient (Wildman–Crippen LogP) is 0.858. The number of rotatable bonds is 1. The molecular formula is C8H10N2O2. The maximum Gasteiger partial charge on any atom is 0.339 e. The molecule has 4 heteroatoms. The summed E-state index contributed by atoms with van der Waals surface area (Å²) in [6.45, 7) is 1.74. The molecule has 0 amide bonds. The third-order valence-corrected chi connectivity index (χ3v) is 1.71. The molecule has 0 aliphatic heterocycles. The molecule has 0 bridgehead atoms. The van der Waals surface area contributed by atoms with Crippen molar-refractivity contribution in [3.8, 4) is 0 Å². The lowest BCUT2D eigenvalue weighted by atomic mass is 10.1. The van der Waals surface area contributed by atoms with Crippen LogP contribution in [0.2, 0.25) is 0 Å². The number of nitrogens with two attached hydrogens (primary N) is 2. The lowest BCUT2D eigenvalue weighted by Crippen LogP contribution is -2.07. The summed E-state index contributed by atoms with van der Waals surface area (Å²) in [6, 6.07) is 3.23. The summed E-state index contributed by atoms with van der Waals surface area (Å²) < 4.78 is 0. The summed E-state index contributed by atoms with van der Waals surface area (Å²) in [7, 11) is 0. The Labute approximate surface area is 69.8 Å². The van der Waals surface area contributed by atoms with Crippen molar-refractivity contribution in [1.29, 1.82) is 0 Å². The minimum Gasteiger partial charge on any atom is -0.478 e. The number of carboxylic acid groups (broad SMARTS) is 1. The first-order valence-electron chi connectivity index (χ1n) is 3.42. The lowest BCUT2D eigenvalue weighted by molar-refractivity contribution is 0.0699. The van der Waals surface area contributed by atoms with Crippen molar-refractivity contribution in [2.75, 3.05) is 11.5 Å². The number of aryl methyl sites for hydroxylation is 1. The second-order valence-electron chi connectivity index (χ2n) is 2.57.